The first-order valence-corrected chi connectivity index (χ1v) is 4.29. The van der Waals surface area contributed by atoms with Crippen LogP contribution in [0.2, 0.25) is 0 Å². The molecule has 0 unspecified atom stereocenters. The number of hydrogen-bond acceptors (Lipinski definition) is 2. The predicted molar refractivity (Wildman–Crippen MR) is 48.5 cm³/mol. The fraction of sp³-hybridized carbons (Fsp3) is 1.00. The van der Waals surface area contributed by atoms with Crippen LogP contribution in [0.4, 0.5) is 0 Å². The molecule has 0 radical (unpaired) electrons. The first-order chi connectivity index (χ1) is 5.00. The minimum absolute atomic E-state index is 0.167. The molecule has 0 aromatic heterocycles. The minimum atomic E-state index is -0.167. The van der Waals surface area contributed by atoms with Gasteiger partial charge in [0.05, 0.1) is 0 Å². The summed E-state index contributed by atoms with van der Waals surface area (Å²) < 4.78 is 0. The summed E-state index contributed by atoms with van der Waals surface area (Å²) in [6.45, 7) is 8.11. The third-order valence-electron chi connectivity index (χ3n) is 0.940. The van der Waals surface area contributed by atoms with Crippen LogP contribution in [0.5, 0.6) is 0 Å². The lowest BCUT2D eigenvalue weighted by Gasteiger charge is -1.98. The Morgan fingerprint density at radius 1 is 1.09 bits per heavy atom. The molecule has 0 amide bonds. The highest BCUT2D eigenvalue weighted by Crippen LogP contribution is 2.00. The molecule has 0 saturated carbocycles. The highest BCUT2D eigenvalue weighted by Gasteiger charge is 1.89. The van der Waals surface area contributed by atoms with E-state index in [0.717, 1.165) is 18.8 Å². The molecule has 11 heavy (non-hydrogen) atoms. The van der Waals surface area contributed by atoms with E-state index in [9.17, 15) is 0 Å². The molecule has 0 bridgehead atoms. The van der Waals surface area contributed by atoms with Gasteiger partial charge in [0.1, 0.15) is 0 Å². The van der Waals surface area contributed by atoms with Crippen LogP contribution in [0, 0.1) is 5.92 Å². The van der Waals surface area contributed by atoms with E-state index in [1.165, 1.54) is 0 Å². The van der Waals surface area contributed by atoms with Gasteiger partial charge in [0.2, 0.25) is 0 Å². The van der Waals surface area contributed by atoms with Crippen molar-refractivity contribution in [3.8, 4) is 0 Å². The molecule has 0 rings (SSSR count). The topological polar surface area (TPSA) is 40.5 Å². The molecular formula is C9H22O2. The van der Waals surface area contributed by atoms with Crippen molar-refractivity contribution in [2.24, 2.45) is 5.92 Å². The zero-order valence-corrected chi connectivity index (χ0v) is 8.17. The molecule has 0 aliphatic carbocycles. The molecule has 0 spiro atoms. The van der Waals surface area contributed by atoms with Crippen molar-refractivity contribution in [1.82, 2.24) is 0 Å². The van der Waals surface area contributed by atoms with E-state index in [4.69, 9.17) is 10.2 Å². The Hall–Kier alpha value is -0.0800. The van der Waals surface area contributed by atoms with E-state index < -0.39 is 0 Å². The van der Waals surface area contributed by atoms with Gasteiger partial charge in [-0.2, -0.15) is 0 Å². The van der Waals surface area contributed by atoms with Gasteiger partial charge in [-0.15, -0.1) is 0 Å². The van der Waals surface area contributed by atoms with Crippen molar-refractivity contribution < 1.29 is 10.2 Å². The van der Waals surface area contributed by atoms with Crippen molar-refractivity contribution in [3.05, 3.63) is 0 Å². The second kappa shape index (κ2) is 9.92. The number of hydrogen-bond donors (Lipinski definition) is 2. The Bertz CT molecular complexity index is 57.8. The van der Waals surface area contributed by atoms with Gasteiger partial charge in [-0.05, 0) is 32.6 Å². The maximum atomic E-state index is 8.32. The van der Waals surface area contributed by atoms with Gasteiger partial charge in [0.15, 0.2) is 0 Å². The van der Waals surface area contributed by atoms with Gasteiger partial charge >= 0.3 is 0 Å². The van der Waals surface area contributed by atoms with Crippen LogP contribution in [0.1, 0.15) is 40.5 Å². The Morgan fingerprint density at radius 3 is 1.55 bits per heavy atom. The van der Waals surface area contributed by atoms with E-state index in [0.29, 0.717) is 6.61 Å². The molecule has 70 valence electrons. The van der Waals surface area contributed by atoms with Crippen LogP contribution in [0.25, 0.3) is 0 Å². The molecular weight excluding hydrogens is 140 g/mol. The highest BCUT2D eigenvalue weighted by atomic mass is 16.3. The molecule has 2 N–H and O–H groups in total. The Balaban J connectivity index is 0. The van der Waals surface area contributed by atoms with Gasteiger partial charge in [0.25, 0.3) is 0 Å². The van der Waals surface area contributed by atoms with Crippen LogP contribution < -0.4 is 0 Å². The third kappa shape index (κ3) is 40.5. The molecule has 0 aromatic carbocycles. The summed E-state index contributed by atoms with van der Waals surface area (Å²) in [5, 5.41) is 16.4. The Labute approximate surface area is 70.3 Å². The predicted octanol–water partition coefficient (Wildman–Crippen LogP) is 1.80. The summed E-state index contributed by atoms with van der Waals surface area (Å²) in [7, 11) is 0. The van der Waals surface area contributed by atoms with Crippen molar-refractivity contribution in [1.29, 1.82) is 0 Å². The van der Waals surface area contributed by atoms with Crippen LogP contribution >= 0.6 is 0 Å². The molecule has 0 aromatic rings. The maximum Gasteiger partial charge on any atom is 0.0483 e. The lowest BCUT2D eigenvalue weighted by molar-refractivity contribution is 0.216. The average Bonchev–Trinajstić information content (AvgIpc) is 1.82. The average molecular weight is 162 g/mol. The van der Waals surface area contributed by atoms with Crippen molar-refractivity contribution in [3.63, 3.8) is 0 Å². The van der Waals surface area contributed by atoms with E-state index in [1.54, 1.807) is 13.8 Å². The molecule has 2 heteroatoms. The van der Waals surface area contributed by atoms with Crippen LogP contribution in [0.3, 0.4) is 0 Å². The fourth-order valence-corrected chi connectivity index (χ4v) is 0.500. The number of aliphatic hydroxyl groups excluding tert-OH is 2. The van der Waals surface area contributed by atoms with E-state index in [1.807, 2.05) is 0 Å². The van der Waals surface area contributed by atoms with Crippen molar-refractivity contribution in [2.45, 2.75) is 46.6 Å². The van der Waals surface area contributed by atoms with E-state index in [2.05, 4.69) is 13.8 Å². The first kappa shape index (κ1) is 13.5. The number of rotatable bonds is 3. The molecule has 0 aliphatic rings. The smallest absolute Gasteiger partial charge is 0.0483 e. The maximum absolute atomic E-state index is 8.32. The second-order valence-electron chi connectivity index (χ2n) is 3.35. The first-order valence-electron chi connectivity index (χ1n) is 4.29. The van der Waals surface area contributed by atoms with Crippen LogP contribution in [-0.2, 0) is 0 Å². The lowest BCUT2D eigenvalue weighted by atomic mass is 10.1. The second-order valence-corrected chi connectivity index (χ2v) is 3.35. The van der Waals surface area contributed by atoms with Gasteiger partial charge < -0.3 is 10.2 Å². The minimum Gasteiger partial charge on any atom is -0.396 e. The standard InChI is InChI=1S/C6H14O.C3H8O/c1-6(2)4-3-5-7;1-3(2)4/h6-7H,3-5H2,1-2H3;3-4H,1-2H3. The van der Waals surface area contributed by atoms with Gasteiger partial charge in [-0.1, -0.05) is 13.8 Å². The van der Waals surface area contributed by atoms with Crippen molar-refractivity contribution in [2.75, 3.05) is 6.61 Å². The Morgan fingerprint density at radius 2 is 1.45 bits per heavy atom. The normalized spacial score (nSPS) is 9.82. The van der Waals surface area contributed by atoms with Gasteiger partial charge in [0, 0.05) is 12.7 Å². The highest BCUT2D eigenvalue weighted by molar-refractivity contribution is 4.42. The van der Waals surface area contributed by atoms with Crippen LogP contribution in [-0.4, -0.2) is 22.9 Å². The summed E-state index contributed by atoms with van der Waals surface area (Å²) in [5.41, 5.74) is 0. The Kier molecular flexibility index (Phi) is 12.2. The third-order valence-corrected chi connectivity index (χ3v) is 0.940. The quantitative estimate of drug-likeness (QED) is 0.664. The summed E-state index contributed by atoms with van der Waals surface area (Å²) in [4.78, 5) is 0. The van der Waals surface area contributed by atoms with Gasteiger partial charge in [-0.25, -0.2) is 0 Å². The fourth-order valence-electron chi connectivity index (χ4n) is 0.500. The molecule has 0 aliphatic heterocycles. The van der Waals surface area contributed by atoms with Crippen LogP contribution in [0.15, 0.2) is 0 Å². The molecule has 0 atom stereocenters. The molecule has 0 saturated heterocycles. The summed E-state index contributed by atoms with van der Waals surface area (Å²) in [6, 6.07) is 0. The molecule has 0 fully saturated rings. The lowest BCUT2D eigenvalue weighted by Crippen LogP contribution is -1.89. The molecule has 0 heterocycles. The summed E-state index contributed by atoms with van der Waals surface area (Å²) in [5.74, 6) is 0.743. The monoisotopic (exact) mass is 162 g/mol. The van der Waals surface area contributed by atoms with E-state index in [-0.39, 0.29) is 6.10 Å². The van der Waals surface area contributed by atoms with Gasteiger partial charge in [-0.3, -0.25) is 0 Å². The van der Waals surface area contributed by atoms with E-state index >= 15 is 0 Å². The van der Waals surface area contributed by atoms with Crippen molar-refractivity contribution >= 4 is 0 Å². The zero-order chi connectivity index (χ0) is 9.28. The summed E-state index contributed by atoms with van der Waals surface area (Å²) in [6.07, 6.45) is 1.94. The molecule has 2 nitrogen and oxygen atoms in total. The zero-order valence-electron chi connectivity index (χ0n) is 8.17. The number of aliphatic hydroxyl groups is 2. The SMILES string of the molecule is CC(C)CCCO.CC(C)O. The summed E-state index contributed by atoms with van der Waals surface area (Å²) >= 11 is 0. The largest absolute Gasteiger partial charge is 0.396 e.